The molecule has 2 N–H and O–H groups in total. The van der Waals surface area contributed by atoms with Gasteiger partial charge in [0.2, 0.25) is 0 Å². The SMILES string of the molecule is C=O.CCOC.Cc1nc2sc3c(c2c(N)c1C)CCC1(C3)OCCO1. The van der Waals surface area contributed by atoms with Crippen molar-refractivity contribution in [2.45, 2.75) is 45.8 Å². The van der Waals surface area contributed by atoms with E-state index in [1.54, 1.807) is 18.4 Å². The van der Waals surface area contributed by atoms with E-state index in [1.807, 2.05) is 20.6 Å². The van der Waals surface area contributed by atoms with Gasteiger partial charge in [0.25, 0.3) is 0 Å². The van der Waals surface area contributed by atoms with Gasteiger partial charge < -0.3 is 24.7 Å². The lowest BCUT2D eigenvalue weighted by Crippen LogP contribution is -2.36. The van der Waals surface area contributed by atoms with Gasteiger partial charge in [0.1, 0.15) is 11.6 Å². The largest absolute Gasteiger partial charge is 0.398 e. The van der Waals surface area contributed by atoms with Gasteiger partial charge >= 0.3 is 0 Å². The smallest absolute Gasteiger partial charge is 0.173 e. The second-order valence-electron chi connectivity index (χ2n) is 6.28. The van der Waals surface area contributed by atoms with Gasteiger partial charge in [-0.05, 0) is 38.3 Å². The third-order valence-corrected chi connectivity index (χ3v) is 5.97. The summed E-state index contributed by atoms with van der Waals surface area (Å²) in [5.41, 5.74) is 10.7. The Morgan fingerprint density at radius 1 is 1.31 bits per heavy atom. The molecule has 26 heavy (non-hydrogen) atoms. The molecule has 1 spiro atoms. The summed E-state index contributed by atoms with van der Waals surface area (Å²) in [7, 11) is 1.68. The third kappa shape index (κ3) is 3.91. The van der Waals surface area contributed by atoms with Crippen molar-refractivity contribution in [3.05, 3.63) is 21.7 Å². The molecule has 4 rings (SSSR count). The molecule has 1 saturated heterocycles. The number of hydrogen-bond acceptors (Lipinski definition) is 7. The van der Waals surface area contributed by atoms with Crippen molar-refractivity contribution in [3.8, 4) is 0 Å². The van der Waals surface area contributed by atoms with Gasteiger partial charge in [-0.25, -0.2) is 4.98 Å². The van der Waals surface area contributed by atoms with Crippen LogP contribution in [0.5, 0.6) is 0 Å². The zero-order valence-electron chi connectivity index (χ0n) is 16.0. The van der Waals surface area contributed by atoms with Crippen LogP contribution < -0.4 is 5.73 Å². The molecule has 2 aromatic rings. The molecule has 7 heteroatoms. The van der Waals surface area contributed by atoms with Gasteiger partial charge in [0.15, 0.2) is 5.79 Å². The summed E-state index contributed by atoms with van der Waals surface area (Å²) in [5.74, 6) is -0.382. The topological polar surface area (TPSA) is 83.7 Å². The second kappa shape index (κ2) is 8.90. The lowest BCUT2D eigenvalue weighted by Gasteiger charge is -2.31. The van der Waals surface area contributed by atoms with Crippen LogP contribution in [0.25, 0.3) is 10.2 Å². The Morgan fingerprint density at radius 2 is 1.92 bits per heavy atom. The standard InChI is InChI=1S/C15H18N2O2S.C3H8O.CH2O/c1-8-9(2)17-14-12(13(8)16)10-3-4-15(7-11(10)20-14)18-5-6-19-15;1-3-4-2;1-2/h3-7H2,1-2H3,(H2,16,17);3H2,1-2H3;1H2. The van der Waals surface area contributed by atoms with Gasteiger partial charge in [-0.15, -0.1) is 11.3 Å². The normalized spacial score (nSPS) is 17.2. The number of aryl methyl sites for hydroxylation is 2. The quantitative estimate of drug-likeness (QED) is 0.818. The van der Waals surface area contributed by atoms with Gasteiger partial charge in [0.05, 0.1) is 13.2 Å². The van der Waals surface area contributed by atoms with E-state index in [0.29, 0.717) is 13.2 Å². The number of nitrogen functional groups attached to an aromatic ring is 1. The molecule has 1 aliphatic carbocycles. The number of nitrogens with two attached hydrogens (primary N) is 1. The van der Waals surface area contributed by atoms with Crippen molar-refractivity contribution in [2.24, 2.45) is 0 Å². The van der Waals surface area contributed by atoms with Crippen LogP contribution >= 0.6 is 11.3 Å². The van der Waals surface area contributed by atoms with Crippen molar-refractivity contribution in [1.29, 1.82) is 0 Å². The van der Waals surface area contributed by atoms with Crippen molar-refractivity contribution in [1.82, 2.24) is 4.98 Å². The van der Waals surface area contributed by atoms with E-state index in [1.165, 1.54) is 15.8 Å². The lowest BCUT2D eigenvalue weighted by atomic mass is 9.91. The van der Waals surface area contributed by atoms with Gasteiger partial charge in [-0.3, -0.25) is 0 Å². The average Bonchev–Trinajstić information content (AvgIpc) is 3.25. The zero-order valence-corrected chi connectivity index (χ0v) is 16.8. The molecule has 0 atom stereocenters. The number of methoxy groups -OCH3 is 1. The highest BCUT2D eigenvalue weighted by Crippen LogP contribution is 2.44. The number of rotatable bonds is 1. The molecule has 0 saturated carbocycles. The molecule has 0 aromatic carbocycles. The van der Waals surface area contributed by atoms with Crippen LogP contribution in [-0.2, 0) is 31.8 Å². The molecule has 0 amide bonds. The fraction of sp³-hybridized carbons (Fsp3) is 0.579. The maximum absolute atomic E-state index is 8.00. The summed E-state index contributed by atoms with van der Waals surface area (Å²) in [4.78, 5) is 15.1. The van der Waals surface area contributed by atoms with Gasteiger partial charge in [-0.1, -0.05) is 0 Å². The van der Waals surface area contributed by atoms with Crippen molar-refractivity contribution in [2.75, 3.05) is 32.7 Å². The van der Waals surface area contributed by atoms with E-state index < -0.39 is 0 Å². The van der Waals surface area contributed by atoms with Crippen molar-refractivity contribution in [3.63, 3.8) is 0 Å². The number of fused-ring (bicyclic) bond motifs is 3. The van der Waals surface area contributed by atoms with Crippen molar-refractivity contribution >= 4 is 34.0 Å². The zero-order chi connectivity index (χ0) is 19.3. The molecule has 1 fully saturated rings. The lowest BCUT2D eigenvalue weighted by molar-refractivity contribution is -0.163. The summed E-state index contributed by atoms with van der Waals surface area (Å²) in [6, 6.07) is 0. The third-order valence-electron chi connectivity index (χ3n) is 4.85. The second-order valence-corrected chi connectivity index (χ2v) is 7.37. The Bertz CT molecular complexity index is 752. The van der Waals surface area contributed by atoms with E-state index in [-0.39, 0.29) is 5.79 Å². The first kappa shape index (κ1) is 20.8. The molecule has 0 bridgehead atoms. The number of ether oxygens (including phenoxy) is 3. The van der Waals surface area contributed by atoms with Crippen LogP contribution in [0.4, 0.5) is 5.69 Å². The minimum absolute atomic E-state index is 0.382. The number of carbonyl (C=O) groups excluding carboxylic acids is 1. The molecule has 6 nitrogen and oxygen atoms in total. The number of pyridine rings is 1. The molecule has 3 heterocycles. The average molecular weight is 381 g/mol. The minimum Gasteiger partial charge on any atom is -0.398 e. The van der Waals surface area contributed by atoms with E-state index in [0.717, 1.165) is 47.6 Å². The predicted octanol–water partition coefficient (Wildman–Crippen LogP) is 3.19. The number of hydrogen-bond donors (Lipinski definition) is 1. The fourth-order valence-corrected chi connectivity index (χ4v) is 4.64. The van der Waals surface area contributed by atoms with E-state index in [4.69, 9.17) is 25.0 Å². The number of aromatic nitrogens is 1. The summed E-state index contributed by atoms with van der Waals surface area (Å²) >= 11 is 1.75. The number of nitrogens with zero attached hydrogens (tertiary/aromatic N) is 1. The van der Waals surface area contributed by atoms with Crippen LogP contribution in [0.1, 0.15) is 35.0 Å². The summed E-state index contributed by atoms with van der Waals surface area (Å²) < 4.78 is 16.2. The highest BCUT2D eigenvalue weighted by molar-refractivity contribution is 7.19. The van der Waals surface area contributed by atoms with Crippen LogP contribution in [-0.4, -0.2) is 44.5 Å². The van der Waals surface area contributed by atoms with Crippen LogP contribution in [0.2, 0.25) is 0 Å². The number of carbonyl (C=O) groups is 1. The van der Waals surface area contributed by atoms with Crippen LogP contribution in [0.15, 0.2) is 0 Å². The van der Waals surface area contributed by atoms with E-state index in [9.17, 15) is 0 Å². The number of thiophene rings is 1. The number of anilines is 1. The van der Waals surface area contributed by atoms with E-state index in [2.05, 4.69) is 11.7 Å². The molecular formula is C19H28N2O4S. The summed E-state index contributed by atoms with van der Waals surface area (Å²) in [6.07, 6.45) is 2.71. The predicted molar refractivity (Wildman–Crippen MR) is 105 cm³/mol. The van der Waals surface area contributed by atoms with E-state index >= 15 is 0 Å². The maximum Gasteiger partial charge on any atom is 0.173 e. The van der Waals surface area contributed by atoms with Crippen LogP contribution in [0, 0.1) is 13.8 Å². The first-order valence-electron chi connectivity index (χ1n) is 8.74. The summed E-state index contributed by atoms with van der Waals surface area (Å²) in [5, 5.41) is 1.17. The maximum atomic E-state index is 8.00. The Balaban J connectivity index is 0.000000361. The molecule has 0 radical (unpaired) electrons. The molecule has 2 aromatic heterocycles. The van der Waals surface area contributed by atoms with Gasteiger partial charge in [0, 0.05) is 48.2 Å². The first-order chi connectivity index (χ1) is 12.5. The highest BCUT2D eigenvalue weighted by atomic mass is 32.1. The Morgan fingerprint density at radius 3 is 2.50 bits per heavy atom. The Hall–Kier alpha value is -1.54. The molecule has 144 valence electrons. The first-order valence-corrected chi connectivity index (χ1v) is 9.55. The van der Waals surface area contributed by atoms with Crippen molar-refractivity contribution < 1.29 is 19.0 Å². The van der Waals surface area contributed by atoms with Gasteiger partial charge in [-0.2, -0.15) is 0 Å². The minimum atomic E-state index is -0.382. The Labute approximate surface area is 158 Å². The highest BCUT2D eigenvalue weighted by Gasteiger charge is 2.41. The monoisotopic (exact) mass is 380 g/mol. The van der Waals surface area contributed by atoms with Crippen LogP contribution in [0.3, 0.4) is 0 Å². The molecule has 0 unspecified atom stereocenters. The Kier molecular flexibility index (Phi) is 7.11. The molecular weight excluding hydrogens is 352 g/mol. The fourth-order valence-electron chi connectivity index (χ4n) is 3.27. The molecule has 2 aliphatic rings. The molecule has 1 aliphatic heterocycles. The summed E-state index contributed by atoms with van der Waals surface area (Å²) in [6.45, 7) is 10.3.